The number of carbonyl (C=O) groups is 1. The van der Waals surface area contributed by atoms with Gasteiger partial charge in [-0.05, 0) is 43.4 Å². The Labute approximate surface area is 151 Å². The van der Waals surface area contributed by atoms with Crippen LogP contribution in [0.5, 0.6) is 5.75 Å². The SMILES string of the molecule is COc1ccccc1NCCC(=O)Nc1sc2c(c1C#N)CCCC2. The van der Waals surface area contributed by atoms with E-state index in [0.717, 1.165) is 42.7 Å². The van der Waals surface area contributed by atoms with Crippen LogP contribution in [0.2, 0.25) is 0 Å². The van der Waals surface area contributed by atoms with Crippen LogP contribution in [-0.4, -0.2) is 19.6 Å². The van der Waals surface area contributed by atoms with Gasteiger partial charge in [0.1, 0.15) is 16.8 Å². The van der Waals surface area contributed by atoms with E-state index in [1.807, 2.05) is 24.3 Å². The second-order valence-electron chi connectivity index (χ2n) is 5.95. The van der Waals surface area contributed by atoms with E-state index in [0.29, 0.717) is 23.5 Å². The lowest BCUT2D eigenvalue weighted by Gasteiger charge is -2.10. The largest absolute Gasteiger partial charge is 0.495 e. The molecule has 130 valence electrons. The highest BCUT2D eigenvalue weighted by molar-refractivity contribution is 7.16. The molecule has 2 aromatic rings. The Morgan fingerprint density at radius 1 is 1.32 bits per heavy atom. The third kappa shape index (κ3) is 3.94. The molecule has 0 fully saturated rings. The molecule has 1 aliphatic rings. The van der Waals surface area contributed by atoms with Crippen molar-refractivity contribution in [1.82, 2.24) is 0 Å². The second kappa shape index (κ2) is 8.04. The summed E-state index contributed by atoms with van der Waals surface area (Å²) in [6.07, 6.45) is 4.56. The molecule has 0 radical (unpaired) electrons. The van der Waals surface area contributed by atoms with Gasteiger partial charge >= 0.3 is 0 Å². The number of thiophene rings is 1. The molecule has 0 aliphatic heterocycles. The molecule has 0 atom stereocenters. The smallest absolute Gasteiger partial charge is 0.226 e. The number of anilines is 2. The number of nitrogens with zero attached hydrogens (tertiary/aromatic N) is 1. The maximum absolute atomic E-state index is 12.3. The van der Waals surface area contributed by atoms with Gasteiger partial charge in [-0.1, -0.05) is 12.1 Å². The number of hydrogen-bond donors (Lipinski definition) is 2. The van der Waals surface area contributed by atoms with Gasteiger partial charge in [0.05, 0.1) is 18.4 Å². The van der Waals surface area contributed by atoms with E-state index in [1.165, 1.54) is 4.88 Å². The fraction of sp³-hybridized carbons (Fsp3) is 0.368. The Bertz CT molecular complexity index is 807. The van der Waals surface area contributed by atoms with Crippen LogP contribution in [0.25, 0.3) is 0 Å². The van der Waals surface area contributed by atoms with Crippen LogP contribution in [0.1, 0.15) is 35.3 Å². The molecule has 25 heavy (non-hydrogen) atoms. The summed E-state index contributed by atoms with van der Waals surface area (Å²) in [5.41, 5.74) is 2.66. The molecule has 1 heterocycles. The minimum Gasteiger partial charge on any atom is -0.495 e. The van der Waals surface area contributed by atoms with Crippen LogP contribution in [0.4, 0.5) is 10.7 Å². The predicted molar refractivity (Wildman–Crippen MR) is 100 cm³/mol. The average Bonchev–Trinajstić information content (AvgIpc) is 2.98. The molecule has 0 bridgehead atoms. The Morgan fingerprint density at radius 3 is 2.92 bits per heavy atom. The number of methoxy groups -OCH3 is 1. The van der Waals surface area contributed by atoms with Crippen LogP contribution < -0.4 is 15.4 Å². The Kier molecular flexibility index (Phi) is 5.56. The molecule has 2 N–H and O–H groups in total. The third-order valence-corrected chi connectivity index (χ3v) is 5.52. The summed E-state index contributed by atoms with van der Waals surface area (Å²) in [6.45, 7) is 0.499. The van der Waals surface area contributed by atoms with Crippen molar-refractivity contribution in [3.05, 3.63) is 40.3 Å². The van der Waals surface area contributed by atoms with E-state index in [1.54, 1.807) is 18.4 Å². The van der Waals surface area contributed by atoms with Crippen molar-refractivity contribution >= 4 is 27.9 Å². The Balaban J connectivity index is 1.58. The summed E-state index contributed by atoms with van der Waals surface area (Å²) in [5, 5.41) is 16.3. The summed E-state index contributed by atoms with van der Waals surface area (Å²) in [4.78, 5) is 13.5. The van der Waals surface area contributed by atoms with Crippen molar-refractivity contribution in [2.45, 2.75) is 32.1 Å². The second-order valence-corrected chi connectivity index (χ2v) is 7.06. The zero-order valence-corrected chi connectivity index (χ0v) is 15.0. The first-order valence-corrected chi connectivity index (χ1v) is 9.26. The number of rotatable bonds is 6. The van der Waals surface area contributed by atoms with Gasteiger partial charge in [-0.15, -0.1) is 11.3 Å². The summed E-state index contributed by atoms with van der Waals surface area (Å²) >= 11 is 1.56. The molecule has 1 aliphatic carbocycles. The summed E-state index contributed by atoms with van der Waals surface area (Å²) in [6, 6.07) is 9.88. The van der Waals surface area contributed by atoms with Gasteiger partial charge in [-0.2, -0.15) is 5.26 Å². The number of aryl methyl sites for hydroxylation is 1. The quantitative estimate of drug-likeness (QED) is 0.823. The van der Waals surface area contributed by atoms with E-state index in [-0.39, 0.29) is 5.91 Å². The number of para-hydroxylation sites is 2. The molecule has 5 nitrogen and oxygen atoms in total. The topological polar surface area (TPSA) is 74.2 Å². The van der Waals surface area contributed by atoms with Crippen LogP contribution in [0, 0.1) is 11.3 Å². The predicted octanol–water partition coefficient (Wildman–Crippen LogP) is 3.95. The minimum absolute atomic E-state index is 0.0857. The van der Waals surface area contributed by atoms with Crippen LogP contribution in [0.3, 0.4) is 0 Å². The van der Waals surface area contributed by atoms with Crippen LogP contribution >= 0.6 is 11.3 Å². The molecule has 0 spiro atoms. The Hall–Kier alpha value is -2.52. The molecular weight excluding hydrogens is 334 g/mol. The van der Waals surface area contributed by atoms with E-state index in [4.69, 9.17) is 4.74 Å². The number of nitriles is 1. The van der Waals surface area contributed by atoms with Gasteiger partial charge in [0.15, 0.2) is 0 Å². The zero-order valence-electron chi connectivity index (χ0n) is 14.2. The van der Waals surface area contributed by atoms with Crippen molar-refractivity contribution < 1.29 is 9.53 Å². The van der Waals surface area contributed by atoms with Gasteiger partial charge in [0.25, 0.3) is 0 Å². The number of nitrogens with one attached hydrogen (secondary N) is 2. The van der Waals surface area contributed by atoms with Crippen molar-refractivity contribution in [2.24, 2.45) is 0 Å². The van der Waals surface area contributed by atoms with E-state index in [2.05, 4.69) is 16.7 Å². The lowest BCUT2D eigenvalue weighted by atomic mass is 9.96. The lowest BCUT2D eigenvalue weighted by molar-refractivity contribution is -0.115. The fourth-order valence-electron chi connectivity index (χ4n) is 3.06. The van der Waals surface area contributed by atoms with Gasteiger partial charge in [-0.3, -0.25) is 4.79 Å². The maximum atomic E-state index is 12.3. The highest BCUT2D eigenvalue weighted by atomic mass is 32.1. The van der Waals surface area contributed by atoms with Gasteiger partial charge < -0.3 is 15.4 Å². The molecule has 0 saturated heterocycles. The minimum atomic E-state index is -0.0857. The van der Waals surface area contributed by atoms with Crippen LogP contribution in [0.15, 0.2) is 24.3 Å². The highest BCUT2D eigenvalue weighted by Crippen LogP contribution is 2.37. The summed E-state index contributed by atoms with van der Waals surface area (Å²) < 4.78 is 5.28. The first-order chi connectivity index (χ1) is 12.2. The number of carbonyl (C=O) groups excluding carboxylic acids is 1. The number of amides is 1. The van der Waals surface area contributed by atoms with Crippen molar-refractivity contribution in [3.63, 3.8) is 0 Å². The molecule has 3 rings (SSSR count). The van der Waals surface area contributed by atoms with Gasteiger partial charge in [0.2, 0.25) is 5.91 Å². The lowest BCUT2D eigenvalue weighted by Crippen LogP contribution is -2.16. The molecular formula is C19H21N3O2S. The number of fused-ring (bicyclic) bond motifs is 1. The molecule has 1 aromatic heterocycles. The number of hydrogen-bond acceptors (Lipinski definition) is 5. The van der Waals surface area contributed by atoms with Crippen molar-refractivity contribution in [3.8, 4) is 11.8 Å². The maximum Gasteiger partial charge on any atom is 0.226 e. The monoisotopic (exact) mass is 355 g/mol. The van der Waals surface area contributed by atoms with Crippen LogP contribution in [-0.2, 0) is 17.6 Å². The normalized spacial score (nSPS) is 12.8. The molecule has 6 heteroatoms. The Morgan fingerprint density at radius 2 is 2.12 bits per heavy atom. The first-order valence-electron chi connectivity index (χ1n) is 8.44. The van der Waals surface area contributed by atoms with E-state index in [9.17, 15) is 10.1 Å². The number of ether oxygens (including phenoxy) is 1. The van der Waals surface area contributed by atoms with Crippen molar-refractivity contribution in [1.29, 1.82) is 5.26 Å². The van der Waals surface area contributed by atoms with E-state index < -0.39 is 0 Å². The summed E-state index contributed by atoms with van der Waals surface area (Å²) in [7, 11) is 1.62. The fourth-order valence-corrected chi connectivity index (χ4v) is 4.32. The first kappa shape index (κ1) is 17.3. The van der Waals surface area contributed by atoms with E-state index >= 15 is 0 Å². The molecule has 0 saturated carbocycles. The highest BCUT2D eigenvalue weighted by Gasteiger charge is 2.21. The number of benzene rings is 1. The van der Waals surface area contributed by atoms with Crippen molar-refractivity contribution in [2.75, 3.05) is 24.3 Å². The van der Waals surface area contributed by atoms with Gasteiger partial charge in [-0.25, -0.2) is 0 Å². The molecule has 1 amide bonds. The third-order valence-electron chi connectivity index (χ3n) is 4.31. The summed E-state index contributed by atoms with van der Waals surface area (Å²) in [5.74, 6) is 0.665. The standard InChI is InChI=1S/C19H21N3O2S/c1-24-16-8-4-3-7-15(16)21-11-10-18(23)22-19-14(12-20)13-6-2-5-9-17(13)25-19/h3-4,7-8,21H,2,5-6,9-11H2,1H3,(H,22,23). The average molecular weight is 355 g/mol. The van der Waals surface area contributed by atoms with Gasteiger partial charge in [0, 0.05) is 17.8 Å². The molecule has 1 aromatic carbocycles. The zero-order chi connectivity index (χ0) is 17.6. The molecule has 0 unspecified atom stereocenters.